The first-order valence-electron chi connectivity index (χ1n) is 11.0. The number of carbonyl (C=O) groups is 1. The van der Waals surface area contributed by atoms with Crippen molar-refractivity contribution >= 4 is 46.4 Å². The minimum Gasteiger partial charge on any atom is -0.366 e. The molecule has 0 aliphatic heterocycles. The van der Waals surface area contributed by atoms with Gasteiger partial charge in [-0.3, -0.25) is 4.79 Å². The van der Waals surface area contributed by atoms with E-state index >= 15 is 0 Å². The molecule has 3 aromatic rings. The number of halogens is 2. The van der Waals surface area contributed by atoms with E-state index in [9.17, 15) is 4.79 Å². The first-order chi connectivity index (χ1) is 16.8. The molecule has 7 nitrogen and oxygen atoms in total. The van der Waals surface area contributed by atoms with Gasteiger partial charge >= 0.3 is 0 Å². The third kappa shape index (κ3) is 7.43. The summed E-state index contributed by atoms with van der Waals surface area (Å²) in [5.41, 5.74) is 3.28. The molecule has 1 heterocycles. The van der Waals surface area contributed by atoms with Crippen LogP contribution in [0.3, 0.4) is 0 Å². The monoisotopic (exact) mass is 528 g/mol. The fourth-order valence-corrected chi connectivity index (χ4v) is 4.16. The summed E-state index contributed by atoms with van der Waals surface area (Å²) in [5.74, 6) is -0.116. The quantitative estimate of drug-likeness (QED) is 0.405. The highest BCUT2D eigenvalue weighted by Gasteiger charge is 2.18. The first kappa shape index (κ1) is 26.5. The lowest BCUT2D eigenvalue weighted by molar-refractivity contribution is -0.121. The lowest BCUT2D eigenvalue weighted by atomic mass is 10.1. The van der Waals surface area contributed by atoms with Crippen LogP contribution in [0, 0.1) is 11.3 Å². The Kier molecular flexibility index (Phi) is 9.49. The van der Waals surface area contributed by atoms with E-state index < -0.39 is 0 Å². The highest BCUT2D eigenvalue weighted by Crippen LogP contribution is 2.26. The molecule has 0 aliphatic rings. The smallest absolute Gasteiger partial charge is 0.226 e. The molecule has 0 spiro atoms. The largest absolute Gasteiger partial charge is 0.366 e. The van der Waals surface area contributed by atoms with Crippen LogP contribution in [0.25, 0.3) is 0 Å². The van der Waals surface area contributed by atoms with Crippen LogP contribution < -0.4 is 10.6 Å². The molecule has 3 rings (SSSR count). The summed E-state index contributed by atoms with van der Waals surface area (Å²) in [7, 11) is 1.76. The first-order valence-corrected chi connectivity index (χ1v) is 12.1. The Hall–Kier alpha value is -3.12. The molecule has 0 unspecified atom stereocenters. The summed E-state index contributed by atoms with van der Waals surface area (Å²) >= 11 is 18.0. The number of hydrogen-bond donors (Lipinski definition) is 2. The van der Waals surface area contributed by atoms with E-state index in [0.717, 1.165) is 16.8 Å². The van der Waals surface area contributed by atoms with Gasteiger partial charge in [0.25, 0.3) is 0 Å². The van der Waals surface area contributed by atoms with E-state index in [1.165, 1.54) is 0 Å². The molecule has 182 valence electrons. The molecule has 2 N–H and O–H groups in total. The van der Waals surface area contributed by atoms with Crippen LogP contribution in [0.5, 0.6) is 0 Å². The molecule has 0 saturated carbocycles. The van der Waals surface area contributed by atoms with E-state index in [4.69, 9.17) is 40.7 Å². The van der Waals surface area contributed by atoms with Gasteiger partial charge in [0, 0.05) is 44.6 Å². The topological polar surface area (TPSA) is 86.0 Å². The Morgan fingerprint density at radius 2 is 2.00 bits per heavy atom. The Bertz CT molecular complexity index is 1220. The normalized spacial score (nSPS) is 11.4. The van der Waals surface area contributed by atoms with Crippen LogP contribution in [0.15, 0.2) is 55.0 Å². The summed E-state index contributed by atoms with van der Waals surface area (Å²) in [6.07, 6.45) is 3.58. The molecule has 0 radical (unpaired) electrons. The summed E-state index contributed by atoms with van der Waals surface area (Å²) < 4.78 is 1.93. The molecule has 1 aromatic heterocycles. The second-order valence-electron chi connectivity index (χ2n) is 8.12. The Morgan fingerprint density at radius 1 is 1.26 bits per heavy atom. The molecule has 0 aliphatic carbocycles. The number of nitriles is 1. The van der Waals surface area contributed by atoms with Crippen molar-refractivity contribution in [2.45, 2.75) is 32.5 Å². The zero-order valence-corrected chi connectivity index (χ0v) is 21.8. The van der Waals surface area contributed by atoms with Crippen molar-refractivity contribution in [3.63, 3.8) is 0 Å². The second kappa shape index (κ2) is 12.5. The van der Waals surface area contributed by atoms with E-state index in [-0.39, 0.29) is 18.4 Å². The van der Waals surface area contributed by atoms with Crippen LogP contribution in [-0.2, 0) is 24.3 Å². The van der Waals surface area contributed by atoms with Gasteiger partial charge in [-0.25, -0.2) is 4.98 Å². The molecular weight excluding hydrogens is 503 g/mol. The van der Waals surface area contributed by atoms with Gasteiger partial charge in [-0.2, -0.15) is 5.26 Å². The lowest BCUT2D eigenvalue weighted by Crippen LogP contribution is -2.47. The minimum absolute atomic E-state index is 0.116. The Balaban J connectivity index is 1.60. The highest BCUT2D eigenvalue weighted by atomic mass is 35.5. The maximum absolute atomic E-state index is 12.8. The van der Waals surface area contributed by atoms with Crippen LogP contribution in [0.4, 0.5) is 0 Å². The van der Waals surface area contributed by atoms with Crippen molar-refractivity contribution in [1.82, 2.24) is 25.1 Å². The molecule has 10 heteroatoms. The number of amides is 1. The average molecular weight is 529 g/mol. The van der Waals surface area contributed by atoms with Crippen LogP contribution in [0.1, 0.15) is 29.3 Å². The van der Waals surface area contributed by atoms with E-state index in [1.807, 2.05) is 40.7 Å². The van der Waals surface area contributed by atoms with Crippen molar-refractivity contribution in [3.05, 3.63) is 87.4 Å². The second-order valence-corrected chi connectivity index (χ2v) is 9.29. The van der Waals surface area contributed by atoms with Gasteiger partial charge in [-0.1, -0.05) is 47.5 Å². The van der Waals surface area contributed by atoms with Crippen LogP contribution in [0.2, 0.25) is 10.0 Å². The van der Waals surface area contributed by atoms with Gasteiger partial charge in [-0.05, 0) is 48.5 Å². The summed E-state index contributed by atoms with van der Waals surface area (Å²) in [6, 6.07) is 14.8. The fraction of sp³-hybridized carbons (Fsp3) is 0.280. The predicted molar refractivity (Wildman–Crippen MR) is 142 cm³/mol. The lowest BCUT2D eigenvalue weighted by Gasteiger charge is -2.29. The van der Waals surface area contributed by atoms with Crippen molar-refractivity contribution in [3.8, 4) is 6.07 Å². The van der Waals surface area contributed by atoms with Crippen molar-refractivity contribution in [1.29, 1.82) is 5.26 Å². The molecule has 0 fully saturated rings. The summed E-state index contributed by atoms with van der Waals surface area (Å²) in [5, 5.41) is 16.5. The standard InChI is InChI=1S/C25H26Cl2N6OS/c1-17(13-32(25(35)29-2)15-20-4-3-5-22(26)24(20)27)31-23(34)10-21-12-30-16-33(21)14-19-8-6-18(11-28)7-9-19/h3-9,12,16-17H,10,13-15H2,1-2H3,(H,29,35)(H,31,34)/t17-/m0/s1. The number of thiocarbonyl (C=S) groups is 1. The van der Waals surface area contributed by atoms with Crippen LogP contribution >= 0.6 is 35.4 Å². The summed E-state index contributed by atoms with van der Waals surface area (Å²) in [4.78, 5) is 18.9. The van der Waals surface area contributed by atoms with E-state index in [2.05, 4.69) is 21.7 Å². The van der Waals surface area contributed by atoms with Gasteiger partial charge in [0.05, 0.1) is 34.4 Å². The molecule has 1 atom stereocenters. The highest BCUT2D eigenvalue weighted by molar-refractivity contribution is 7.80. The Morgan fingerprint density at radius 3 is 2.69 bits per heavy atom. The maximum atomic E-state index is 12.8. The van der Waals surface area contributed by atoms with Gasteiger partial charge in [0.1, 0.15) is 0 Å². The average Bonchev–Trinajstić information content (AvgIpc) is 3.27. The van der Waals surface area contributed by atoms with Gasteiger partial charge in [0.2, 0.25) is 5.91 Å². The zero-order chi connectivity index (χ0) is 25.4. The van der Waals surface area contributed by atoms with E-state index in [0.29, 0.717) is 40.4 Å². The molecule has 35 heavy (non-hydrogen) atoms. The molecule has 0 bridgehead atoms. The number of benzene rings is 2. The number of imidazole rings is 1. The molecular formula is C25H26Cl2N6OS. The maximum Gasteiger partial charge on any atom is 0.226 e. The van der Waals surface area contributed by atoms with Gasteiger partial charge in [0.15, 0.2) is 5.11 Å². The fourth-order valence-electron chi connectivity index (χ4n) is 3.64. The van der Waals surface area contributed by atoms with E-state index in [1.54, 1.807) is 37.8 Å². The third-order valence-corrected chi connectivity index (χ3v) is 6.69. The number of nitrogens with zero attached hydrogens (tertiary/aromatic N) is 4. The third-order valence-electron chi connectivity index (χ3n) is 5.37. The van der Waals surface area contributed by atoms with Crippen molar-refractivity contribution in [2.75, 3.05) is 13.6 Å². The van der Waals surface area contributed by atoms with Gasteiger partial charge < -0.3 is 20.1 Å². The molecule has 1 amide bonds. The molecule has 0 saturated heterocycles. The minimum atomic E-state index is -0.179. The van der Waals surface area contributed by atoms with Crippen molar-refractivity contribution < 1.29 is 4.79 Å². The SMILES string of the molecule is CNC(=S)N(Cc1cccc(Cl)c1Cl)C[C@H](C)NC(=O)Cc1cncn1Cc1ccc(C#N)cc1. The number of hydrogen-bond acceptors (Lipinski definition) is 4. The summed E-state index contributed by atoms with van der Waals surface area (Å²) in [6.45, 7) is 3.43. The predicted octanol–water partition coefficient (Wildman–Crippen LogP) is 4.16. The van der Waals surface area contributed by atoms with Crippen LogP contribution in [-0.4, -0.2) is 45.1 Å². The Labute approximate surface area is 220 Å². The number of carbonyl (C=O) groups excluding carboxylic acids is 1. The number of rotatable bonds is 9. The van der Waals surface area contributed by atoms with Crippen molar-refractivity contribution in [2.24, 2.45) is 0 Å². The zero-order valence-electron chi connectivity index (χ0n) is 19.5. The number of aromatic nitrogens is 2. The molecule has 2 aromatic carbocycles. The van der Waals surface area contributed by atoms with Gasteiger partial charge in [-0.15, -0.1) is 0 Å². The number of nitrogens with one attached hydrogen (secondary N) is 2.